The molecule has 0 unspecified atom stereocenters. The number of alkyl halides is 2. The van der Waals surface area contributed by atoms with Gasteiger partial charge in [-0.05, 0) is 24.1 Å². The molecule has 0 nitrogen and oxygen atoms in total. The number of rotatable bonds is 0. The van der Waals surface area contributed by atoms with E-state index in [0.29, 0.717) is 5.56 Å². The van der Waals surface area contributed by atoms with Crippen molar-refractivity contribution in [3.8, 4) is 11.8 Å². The number of benzene rings is 1. The van der Waals surface area contributed by atoms with Gasteiger partial charge >= 0.3 is 0 Å². The van der Waals surface area contributed by atoms with Crippen LogP contribution in [-0.2, 0) is 0 Å². The van der Waals surface area contributed by atoms with Crippen LogP contribution in [0.1, 0.15) is 5.56 Å². The first kappa shape index (κ1) is 9.21. The molecule has 0 aliphatic rings. The molecule has 3 heteroatoms. The maximum Gasteiger partial charge on any atom is 0.299 e. The zero-order valence-corrected chi connectivity index (χ0v) is 7.61. The minimum absolute atomic E-state index is 0.588. The van der Waals surface area contributed by atoms with Crippen molar-refractivity contribution in [1.82, 2.24) is 0 Å². The first-order chi connectivity index (χ1) is 5.68. The Morgan fingerprint density at radius 2 is 2.08 bits per heavy atom. The van der Waals surface area contributed by atoms with Crippen molar-refractivity contribution in [1.29, 1.82) is 0 Å². The SMILES string of the molecule is FC(F)C#Cc1cccc(Br)c1. The van der Waals surface area contributed by atoms with Gasteiger partial charge in [0.25, 0.3) is 6.43 Å². The molecule has 0 saturated heterocycles. The van der Waals surface area contributed by atoms with Gasteiger partial charge in [-0.1, -0.05) is 27.9 Å². The molecule has 1 rings (SSSR count). The molecule has 0 amide bonds. The molecule has 1 aromatic carbocycles. The fraction of sp³-hybridized carbons (Fsp3) is 0.111. The predicted octanol–water partition coefficient (Wildman–Crippen LogP) is 3.07. The van der Waals surface area contributed by atoms with Crippen LogP contribution in [0.3, 0.4) is 0 Å². The molecule has 0 radical (unpaired) electrons. The molecule has 0 bridgehead atoms. The summed E-state index contributed by atoms with van der Waals surface area (Å²) in [5.74, 6) is 4.14. The summed E-state index contributed by atoms with van der Waals surface area (Å²) in [6.45, 7) is 0. The molecule has 0 aromatic heterocycles. The monoisotopic (exact) mass is 230 g/mol. The third kappa shape index (κ3) is 3.02. The lowest BCUT2D eigenvalue weighted by atomic mass is 10.2. The number of halogens is 3. The normalized spacial score (nSPS) is 9.33. The average molecular weight is 231 g/mol. The quantitative estimate of drug-likeness (QED) is 0.602. The average Bonchev–Trinajstić information content (AvgIpc) is 2.01. The molecule has 0 aliphatic carbocycles. The lowest BCUT2D eigenvalue weighted by Crippen LogP contribution is -1.81. The topological polar surface area (TPSA) is 0 Å². The standard InChI is InChI=1S/C9H5BrF2/c10-8-3-1-2-7(6-8)4-5-9(11)12/h1-3,6,9H. The van der Waals surface area contributed by atoms with Crippen molar-refractivity contribution < 1.29 is 8.78 Å². The van der Waals surface area contributed by atoms with Crippen LogP contribution in [0.5, 0.6) is 0 Å². The van der Waals surface area contributed by atoms with Gasteiger partial charge in [0.05, 0.1) is 0 Å². The Balaban J connectivity index is 2.85. The minimum atomic E-state index is -2.57. The van der Waals surface area contributed by atoms with Crippen LogP contribution in [-0.4, -0.2) is 6.43 Å². The number of hydrogen-bond acceptors (Lipinski definition) is 0. The van der Waals surface area contributed by atoms with Gasteiger partial charge in [0.1, 0.15) is 0 Å². The summed E-state index contributed by atoms with van der Waals surface area (Å²) in [7, 11) is 0. The smallest absolute Gasteiger partial charge is 0.196 e. The molecule has 0 aliphatic heterocycles. The van der Waals surface area contributed by atoms with Gasteiger partial charge in [0.2, 0.25) is 0 Å². The highest BCUT2D eigenvalue weighted by Crippen LogP contribution is 2.10. The van der Waals surface area contributed by atoms with Crippen molar-refractivity contribution in [3.05, 3.63) is 34.3 Å². The Morgan fingerprint density at radius 1 is 1.33 bits per heavy atom. The Hall–Kier alpha value is -0.880. The van der Waals surface area contributed by atoms with Crippen molar-refractivity contribution in [2.24, 2.45) is 0 Å². The van der Waals surface area contributed by atoms with E-state index in [0.717, 1.165) is 4.47 Å². The highest BCUT2D eigenvalue weighted by Gasteiger charge is 1.92. The van der Waals surface area contributed by atoms with Gasteiger partial charge in [0.15, 0.2) is 0 Å². The molecular formula is C9H5BrF2. The van der Waals surface area contributed by atoms with E-state index in [1.165, 1.54) is 0 Å². The summed E-state index contributed by atoms with van der Waals surface area (Å²) in [6.07, 6.45) is -2.57. The van der Waals surface area contributed by atoms with Crippen LogP contribution in [0, 0.1) is 11.8 Å². The summed E-state index contributed by atoms with van der Waals surface area (Å²) >= 11 is 3.21. The molecule has 12 heavy (non-hydrogen) atoms. The van der Waals surface area contributed by atoms with Gasteiger partial charge in [0, 0.05) is 10.0 Å². The minimum Gasteiger partial charge on any atom is -0.196 e. The molecule has 0 fully saturated rings. The highest BCUT2D eigenvalue weighted by atomic mass is 79.9. The summed E-state index contributed by atoms with van der Waals surface area (Å²) in [5.41, 5.74) is 0.588. The summed E-state index contributed by atoms with van der Waals surface area (Å²) < 4.78 is 24.1. The second-order valence-electron chi connectivity index (χ2n) is 2.08. The molecule has 62 valence electrons. The molecule has 0 heterocycles. The van der Waals surface area contributed by atoms with Gasteiger partial charge in [-0.25, -0.2) is 0 Å². The maximum absolute atomic E-state index is 11.6. The zero-order chi connectivity index (χ0) is 8.97. The van der Waals surface area contributed by atoms with Crippen LogP contribution in [0.15, 0.2) is 28.7 Å². The highest BCUT2D eigenvalue weighted by molar-refractivity contribution is 9.10. The van der Waals surface area contributed by atoms with E-state index in [2.05, 4.69) is 21.9 Å². The Labute approximate surface area is 77.7 Å². The Kier molecular flexibility index (Phi) is 3.24. The largest absolute Gasteiger partial charge is 0.299 e. The first-order valence-electron chi connectivity index (χ1n) is 3.24. The van der Waals surface area contributed by atoms with E-state index in [1.54, 1.807) is 24.1 Å². The fourth-order valence-corrected chi connectivity index (χ4v) is 1.10. The van der Waals surface area contributed by atoms with E-state index < -0.39 is 6.43 Å². The van der Waals surface area contributed by atoms with Crippen LogP contribution in [0.25, 0.3) is 0 Å². The van der Waals surface area contributed by atoms with Crippen LogP contribution >= 0.6 is 15.9 Å². The van der Waals surface area contributed by atoms with E-state index in [1.807, 2.05) is 6.07 Å². The summed E-state index contributed by atoms with van der Waals surface area (Å²) in [6, 6.07) is 6.93. The molecular weight excluding hydrogens is 226 g/mol. The fourth-order valence-electron chi connectivity index (χ4n) is 0.704. The first-order valence-corrected chi connectivity index (χ1v) is 4.03. The lowest BCUT2D eigenvalue weighted by molar-refractivity contribution is 0.215. The second kappa shape index (κ2) is 4.22. The maximum atomic E-state index is 11.6. The third-order valence-corrected chi connectivity index (χ3v) is 1.64. The van der Waals surface area contributed by atoms with Crippen molar-refractivity contribution in [2.75, 3.05) is 0 Å². The van der Waals surface area contributed by atoms with Crippen LogP contribution in [0.2, 0.25) is 0 Å². The van der Waals surface area contributed by atoms with E-state index in [9.17, 15) is 8.78 Å². The van der Waals surface area contributed by atoms with Crippen LogP contribution in [0.4, 0.5) is 8.78 Å². The van der Waals surface area contributed by atoms with E-state index >= 15 is 0 Å². The number of hydrogen-bond donors (Lipinski definition) is 0. The third-order valence-electron chi connectivity index (χ3n) is 1.15. The molecule has 0 atom stereocenters. The van der Waals surface area contributed by atoms with Gasteiger partial charge < -0.3 is 0 Å². The second-order valence-corrected chi connectivity index (χ2v) is 3.00. The Morgan fingerprint density at radius 3 is 2.67 bits per heavy atom. The molecule has 0 saturated carbocycles. The lowest BCUT2D eigenvalue weighted by Gasteiger charge is -1.90. The molecule has 0 spiro atoms. The van der Waals surface area contributed by atoms with Crippen LogP contribution < -0.4 is 0 Å². The zero-order valence-electron chi connectivity index (χ0n) is 6.02. The Bertz CT molecular complexity index is 323. The molecule has 1 aromatic rings. The van der Waals surface area contributed by atoms with Gasteiger partial charge in [-0.3, -0.25) is 0 Å². The van der Waals surface area contributed by atoms with E-state index in [4.69, 9.17) is 0 Å². The van der Waals surface area contributed by atoms with Gasteiger partial charge in [-0.15, -0.1) is 0 Å². The van der Waals surface area contributed by atoms with Crippen molar-refractivity contribution >= 4 is 15.9 Å². The van der Waals surface area contributed by atoms with E-state index in [-0.39, 0.29) is 0 Å². The molecule has 0 N–H and O–H groups in total. The summed E-state index contributed by atoms with van der Waals surface area (Å²) in [5, 5.41) is 0. The van der Waals surface area contributed by atoms with Crippen molar-refractivity contribution in [3.63, 3.8) is 0 Å². The predicted molar refractivity (Wildman–Crippen MR) is 47.0 cm³/mol. The van der Waals surface area contributed by atoms with Gasteiger partial charge in [-0.2, -0.15) is 8.78 Å². The summed E-state index contributed by atoms with van der Waals surface area (Å²) in [4.78, 5) is 0. The van der Waals surface area contributed by atoms with Crippen molar-refractivity contribution in [2.45, 2.75) is 6.43 Å².